The van der Waals surface area contributed by atoms with Crippen LogP contribution in [0.4, 0.5) is 0 Å². The van der Waals surface area contributed by atoms with Gasteiger partial charge < -0.3 is 19.5 Å². The van der Waals surface area contributed by atoms with E-state index >= 15 is 0 Å². The second-order valence-corrected chi connectivity index (χ2v) is 5.13. The summed E-state index contributed by atoms with van der Waals surface area (Å²) >= 11 is 0. The van der Waals surface area contributed by atoms with E-state index in [1.807, 2.05) is 0 Å². The number of nitrogens with zero attached hydrogens (tertiary/aromatic N) is 1. The van der Waals surface area contributed by atoms with Crippen LogP contribution < -0.4 is 0 Å². The predicted octanol–water partition coefficient (Wildman–Crippen LogP) is 0.505. The van der Waals surface area contributed by atoms with Crippen molar-refractivity contribution in [3.8, 4) is 0 Å². The minimum Gasteiger partial charge on any atom is -0.479 e. The molecule has 0 aliphatic carbocycles. The maximum Gasteiger partial charge on any atom is 0.334 e. The van der Waals surface area contributed by atoms with Crippen LogP contribution >= 0.6 is 0 Å². The molecular formula is C13H21NO5. The lowest BCUT2D eigenvalue weighted by atomic mass is 9.94. The Hall–Kier alpha value is -1.14. The Kier molecular flexibility index (Phi) is 5.15. The van der Waals surface area contributed by atoms with Gasteiger partial charge in [0.25, 0.3) is 0 Å². The Balaban J connectivity index is 1.74. The molecule has 2 aliphatic rings. The van der Waals surface area contributed by atoms with Crippen molar-refractivity contribution in [2.75, 3.05) is 32.9 Å². The quantitative estimate of drug-likeness (QED) is 0.806. The molecule has 19 heavy (non-hydrogen) atoms. The summed E-state index contributed by atoms with van der Waals surface area (Å²) in [7, 11) is 0. The second kappa shape index (κ2) is 6.86. The molecule has 6 heteroatoms. The van der Waals surface area contributed by atoms with Crippen LogP contribution in [0.3, 0.4) is 0 Å². The zero-order valence-electron chi connectivity index (χ0n) is 11.0. The first-order valence-corrected chi connectivity index (χ1v) is 6.86. The molecule has 2 rings (SSSR count). The summed E-state index contributed by atoms with van der Waals surface area (Å²) < 4.78 is 10.4. The van der Waals surface area contributed by atoms with Gasteiger partial charge in [-0.15, -0.1) is 0 Å². The van der Waals surface area contributed by atoms with Gasteiger partial charge in [0.2, 0.25) is 5.91 Å². The molecule has 0 bridgehead atoms. The largest absolute Gasteiger partial charge is 0.479 e. The summed E-state index contributed by atoms with van der Waals surface area (Å²) in [6.45, 7) is 2.55. The van der Waals surface area contributed by atoms with Gasteiger partial charge in [-0.3, -0.25) is 4.79 Å². The number of carbonyl (C=O) groups excluding carboxylic acids is 1. The fourth-order valence-corrected chi connectivity index (χ4v) is 2.55. The van der Waals surface area contributed by atoms with E-state index in [0.29, 0.717) is 25.5 Å². The summed E-state index contributed by atoms with van der Waals surface area (Å²) in [6, 6.07) is 0. The highest BCUT2D eigenvalue weighted by molar-refractivity contribution is 5.78. The van der Waals surface area contributed by atoms with E-state index in [1.54, 1.807) is 4.90 Å². The number of aliphatic carboxylic acids is 1. The minimum absolute atomic E-state index is 0.0426. The maximum atomic E-state index is 12.1. The molecule has 108 valence electrons. The van der Waals surface area contributed by atoms with Crippen LogP contribution in [-0.2, 0) is 19.1 Å². The lowest BCUT2D eigenvalue weighted by Crippen LogP contribution is -2.48. The van der Waals surface area contributed by atoms with Crippen molar-refractivity contribution < 1.29 is 24.2 Å². The van der Waals surface area contributed by atoms with Gasteiger partial charge in [-0.2, -0.15) is 0 Å². The van der Waals surface area contributed by atoms with Gasteiger partial charge in [-0.25, -0.2) is 4.79 Å². The number of amides is 1. The van der Waals surface area contributed by atoms with Gasteiger partial charge in [0, 0.05) is 26.2 Å². The molecule has 2 heterocycles. The number of carboxylic acids is 1. The highest BCUT2D eigenvalue weighted by Crippen LogP contribution is 2.20. The average molecular weight is 271 g/mol. The first-order chi connectivity index (χ1) is 9.16. The van der Waals surface area contributed by atoms with Crippen molar-refractivity contribution in [2.45, 2.75) is 31.8 Å². The van der Waals surface area contributed by atoms with Gasteiger partial charge in [-0.05, 0) is 25.2 Å². The molecule has 0 aromatic rings. The van der Waals surface area contributed by atoms with Crippen LogP contribution in [0.1, 0.15) is 25.7 Å². The molecule has 0 aromatic heterocycles. The van der Waals surface area contributed by atoms with Crippen LogP contribution in [0.2, 0.25) is 0 Å². The molecule has 2 saturated heterocycles. The van der Waals surface area contributed by atoms with Gasteiger partial charge in [-0.1, -0.05) is 0 Å². The molecule has 0 radical (unpaired) electrons. The van der Waals surface area contributed by atoms with Crippen molar-refractivity contribution in [3.63, 3.8) is 0 Å². The lowest BCUT2D eigenvalue weighted by Gasteiger charge is -2.31. The van der Waals surface area contributed by atoms with Crippen molar-refractivity contribution in [3.05, 3.63) is 0 Å². The number of hydrogen-bond donors (Lipinski definition) is 1. The van der Waals surface area contributed by atoms with Gasteiger partial charge in [0.15, 0.2) is 6.10 Å². The highest BCUT2D eigenvalue weighted by Gasteiger charge is 2.29. The van der Waals surface area contributed by atoms with E-state index in [0.717, 1.165) is 32.5 Å². The Morgan fingerprint density at radius 3 is 2.63 bits per heavy atom. The van der Waals surface area contributed by atoms with E-state index in [2.05, 4.69) is 0 Å². The number of rotatable bonds is 4. The first-order valence-electron chi connectivity index (χ1n) is 6.86. The van der Waals surface area contributed by atoms with Crippen molar-refractivity contribution in [2.24, 2.45) is 5.92 Å². The van der Waals surface area contributed by atoms with E-state index in [4.69, 9.17) is 14.6 Å². The third-order valence-electron chi connectivity index (χ3n) is 3.80. The van der Waals surface area contributed by atoms with Crippen LogP contribution in [-0.4, -0.2) is 60.9 Å². The normalized spacial score (nSPS) is 25.3. The monoisotopic (exact) mass is 271 g/mol. The molecular weight excluding hydrogens is 250 g/mol. The predicted molar refractivity (Wildman–Crippen MR) is 66.7 cm³/mol. The molecule has 0 aromatic carbocycles. The topological polar surface area (TPSA) is 76.1 Å². The number of hydrogen-bond acceptors (Lipinski definition) is 4. The van der Waals surface area contributed by atoms with E-state index in [1.165, 1.54) is 0 Å². The Morgan fingerprint density at radius 1 is 1.21 bits per heavy atom. The SMILES string of the molecule is O=C(O)[C@@H]1CN(C(=O)CCC2CCOCC2)CCO1. The number of carbonyl (C=O) groups is 2. The summed E-state index contributed by atoms with van der Waals surface area (Å²) in [4.78, 5) is 24.5. The molecule has 1 atom stereocenters. The van der Waals surface area contributed by atoms with E-state index in [9.17, 15) is 9.59 Å². The van der Waals surface area contributed by atoms with Gasteiger partial charge >= 0.3 is 5.97 Å². The third-order valence-corrected chi connectivity index (χ3v) is 3.80. The first kappa shape index (κ1) is 14.3. The van der Waals surface area contributed by atoms with Crippen LogP contribution in [0, 0.1) is 5.92 Å². The zero-order valence-corrected chi connectivity index (χ0v) is 11.0. The minimum atomic E-state index is -0.998. The number of morpholine rings is 1. The van der Waals surface area contributed by atoms with Gasteiger partial charge in [0.05, 0.1) is 13.2 Å². The lowest BCUT2D eigenvalue weighted by molar-refractivity contribution is -0.159. The number of carboxylic acid groups (broad SMARTS) is 1. The maximum absolute atomic E-state index is 12.1. The summed E-state index contributed by atoms with van der Waals surface area (Å²) in [6.07, 6.45) is 2.54. The summed E-state index contributed by atoms with van der Waals surface area (Å²) in [5.74, 6) is -0.392. The highest BCUT2D eigenvalue weighted by atomic mass is 16.5. The fraction of sp³-hybridized carbons (Fsp3) is 0.846. The molecule has 6 nitrogen and oxygen atoms in total. The molecule has 2 fully saturated rings. The summed E-state index contributed by atoms with van der Waals surface area (Å²) in [5.41, 5.74) is 0. The average Bonchev–Trinajstić information content (AvgIpc) is 2.46. The van der Waals surface area contributed by atoms with Crippen molar-refractivity contribution in [1.82, 2.24) is 4.90 Å². The molecule has 1 N–H and O–H groups in total. The molecule has 1 amide bonds. The van der Waals surface area contributed by atoms with Crippen molar-refractivity contribution >= 4 is 11.9 Å². The Bertz CT molecular complexity index is 327. The summed E-state index contributed by atoms with van der Waals surface area (Å²) in [5, 5.41) is 8.89. The van der Waals surface area contributed by atoms with Crippen LogP contribution in [0.25, 0.3) is 0 Å². The smallest absolute Gasteiger partial charge is 0.334 e. The second-order valence-electron chi connectivity index (χ2n) is 5.13. The Labute approximate surface area is 112 Å². The molecule has 2 aliphatic heterocycles. The molecule has 0 spiro atoms. The van der Waals surface area contributed by atoms with E-state index < -0.39 is 12.1 Å². The zero-order chi connectivity index (χ0) is 13.7. The third kappa shape index (κ3) is 4.18. The fourth-order valence-electron chi connectivity index (χ4n) is 2.55. The van der Waals surface area contributed by atoms with Crippen LogP contribution in [0.5, 0.6) is 0 Å². The molecule has 0 saturated carbocycles. The standard InChI is InChI=1S/C13H21NO5/c15-12(2-1-10-3-6-18-7-4-10)14-5-8-19-11(9-14)13(16)17/h10-11H,1-9H2,(H,16,17)/t11-/m0/s1. The van der Waals surface area contributed by atoms with Crippen LogP contribution in [0.15, 0.2) is 0 Å². The van der Waals surface area contributed by atoms with E-state index in [-0.39, 0.29) is 12.5 Å². The number of ether oxygens (including phenoxy) is 2. The van der Waals surface area contributed by atoms with Gasteiger partial charge in [0.1, 0.15) is 0 Å². The van der Waals surface area contributed by atoms with Crippen molar-refractivity contribution in [1.29, 1.82) is 0 Å². The molecule has 0 unspecified atom stereocenters. The Morgan fingerprint density at radius 2 is 1.95 bits per heavy atom.